The Morgan fingerprint density at radius 3 is 2.26 bits per heavy atom. The molecule has 2 fully saturated rings. The average Bonchev–Trinajstić information content (AvgIpc) is 2.95. The average molecular weight is 372 g/mol. The number of hydrogen-bond donors (Lipinski definition) is 0. The molecule has 146 valence electrons. The molecule has 6 heteroatoms. The Hall–Kier alpha value is -2.37. The minimum Gasteiger partial charge on any atom is -0.493 e. The summed E-state index contributed by atoms with van der Waals surface area (Å²) in [5, 5.41) is 8.91. The molecule has 2 saturated carbocycles. The molecule has 2 unspecified atom stereocenters. The van der Waals surface area contributed by atoms with Crippen LogP contribution in [-0.2, 0) is 4.79 Å². The van der Waals surface area contributed by atoms with Crippen LogP contribution in [0, 0.1) is 16.7 Å². The highest BCUT2D eigenvalue weighted by Gasteiger charge is 2.59. The first-order valence-corrected chi connectivity index (χ1v) is 9.27. The number of methoxy groups -OCH3 is 2. The molecule has 0 N–H and O–H groups in total. The van der Waals surface area contributed by atoms with E-state index < -0.39 is 5.97 Å². The third-order valence-electron chi connectivity index (χ3n) is 6.63. The third-order valence-corrected chi connectivity index (χ3v) is 6.63. The normalized spacial score (nSPS) is 27.3. The van der Waals surface area contributed by atoms with E-state index in [1.807, 2.05) is 0 Å². The highest BCUT2D eigenvalue weighted by molar-refractivity contribution is 5.95. The molecule has 0 heterocycles. The van der Waals surface area contributed by atoms with Crippen LogP contribution in [0.2, 0.25) is 0 Å². The van der Waals surface area contributed by atoms with Crippen LogP contribution < -0.4 is 14.2 Å². The lowest BCUT2D eigenvalue weighted by Gasteiger charge is -2.34. The Balaban J connectivity index is 1.87. The number of fused-ring (bicyclic) bond motifs is 2. The van der Waals surface area contributed by atoms with Crippen molar-refractivity contribution in [2.24, 2.45) is 27.0 Å². The van der Waals surface area contributed by atoms with Crippen LogP contribution in [0.15, 0.2) is 22.3 Å². The smallest absolute Gasteiger partial charge is 0.308 e. The van der Waals surface area contributed by atoms with Gasteiger partial charge in [-0.05, 0) is 42.7 Å². The van der Waals surface area contributed by atoms with Crippen LogP contribution >= 0.6 is 0 Å². The Morgan fingerprint density at radius 1 is 1.19 bits per heavy atom. The fourth-order valence-corrected chi connectivity index (χ4v) is 4.46. The summed E-state index contributed by atoms with van der Waals surface area (Å²) in [4.78, 5) is 11.3. The number of rotatable bonds is 5. The lowest BCUT2D eigenvalue weighted by atomic mass is 9.70. The minimum atomic E-state index is -0.438. The van der Waals surface area contributed by atoms with Crippen molar-refractivity contribution in [3.63, 3.8) is 0 Å². The van der Waals surface area contributed by atoms with Gasteiger partial charge in [-0.25, -0.2) is 0 Å². The van der Waals surface area contributed by atoms with E-state index in [-0.39, 0.29) is 16.6 Å². The fraction of sp³-hybridized carbons (Fsp3) is 0.571. The molecular formula is C21H28N2O4. The number of hydrogen-bond acceptors (Lipinski definition) is 6. The fourth-order valence-electron chi connectivity index (χ4n) is 4.46. The van der Waals surface area contributed by atoms with E-state index in [4.69, 9.17) is 14.2 Å². The van der Waals surface area contributed by atoms with Crippen molar-refractivity contribution in [1.82, 2.24) is 0 Å². The molecular weight excluding hydrogens is 344 g/mol. The zero-order valence-electron chi connectivity index (χ0n) is 17.0. The molecule has 1 aromatic rings. The minimum absolute atomic E-state index is 0.129. The molecule has 27 heavy (non-hydrogen) atoms. The van der Waals surface area contributed by atoms with E-state index in [9.17, 15) is 4.79 Å². The number of carbonyl (C=O) groups is 1. The van der Waals surface area contributed by atoms with Crippen LogP contribution in [0.4, 0.5) is 0 Å². The van der Waals surface area contributed by atoms with Gasteiger partial charge >= 0.3 is 5.97 Å². The van der Waals surface area contributed by atoms with E-state index in [0.29, 0.717) is 17.4 Å². The molecule has 2 aliphatic carbocycles. The summed E-state index contributed by atoms with van der Waals surface area (Å²) in [5.41, 5.74) is 2.36. The molecule has 0 aliphatic heterocycles. The molecule has 0 spiro atoms. The van der Waals surface area contributed by atoms with Gasteiger partial charge < -0.3 is 14.2 Å². The largest absolute Gasteiger partial charge is 0.493 e. The van der Waals surface area contributed by atoms with Gasteiger partial charge in [-0.3, -0.25) is 4.79 Å². The van der Waals surface area contributed by atoms with Crippen LogP contribution in [0.5, 0.6) is 17.2 Å². The summed E-state index contributed by atoms with van der Waals surface area (Å²) in [5.74, 6) is 1.34. The topological polar surface area (TPSA) is 69.5 Å². The van der Waals surface area contributed by atoms with Crippen molar-refractivity contribution >= 4 is 17.9 Å². The summed E-state index contributed by atoms with van der Waals surface area (Å²) in [6.07, 6.45) is 5.16. The van der Waals surface area contributed by atoms with Gasteiger partial charge in [-0.15, -0.1) is 0 Å². The maximum Gasteiger partial charge on any atom is 0.308 e. The van der Waals surface area contributed by atoms with Crippen molar-refractivity contribution < 1.29 is 19.0 Å². The summed E-state index contributed by atoms with van der Waals surface area (Å²) in [6, 6.07) is 3.49. The maximum atomic E-state index is 11.3. The van der Waals surface area contributed by atoms with Crippen LogP contribution in [-0.4, -0.2) is 32.1 Å². The molecule has 0 aromatic heterocycles. The molecule has 2 aliphatic rings. The van der Waals surface area contributed by atoms with Gasteiger partial charge in [0.15, 0.2) is 11.5 Å². The predicted octanol–water partition coefficient (Wildman–Crippen LogP) is 4.25. The van der Waals surface area contributed by atoms with Crippen LogP contribution in [0.1, 0.15) is 52.5 Å². The Bertz CT molecular complexity index is 787. The van der Waals surface area contributed by atoms with Gasteiger partial charge in [0.1, 0.15) is 0 Å². The number of benzene rings is 1. The first-order valence-electron chi connectivity index (χ1n) is 9.27. The molecule has 6 nitrogen and oxygen atoms in total. The lowest BCUT2D eigenvalue weighted by molar-refractivity contribution is -0.132. The predicted molar refractivity (Wildman–Crippen MR) is 105 cm³/mol. The van der Waals surface area contributed by atoms with Gasteiger partial charge in [-0.1, -0.05) is 20.8 Å². The van der Waals surface area contributed by atoms with E-state index in [1.165, 1.54) is 39.7 Å². The van der Waals surface area contributed by atoms with Crippen molar-refractivity contribution in [1.29, 1.82) is 0 Å². The Kier molecular flexibility index (Phi) is 5.02. The summed E-state index contributed by atoms with van der Waals surface area (Å²) in [6.45, 7) is 8.34. The van der Waals surface area contributed by atoms with E-state index in [1.54, 1.807) is 18.3 Å². The SMILES string of the molecule is COc1cc(/C=N/N=C2\CC3CCC2(C)C3(C)C)cc(OC)c1OC(C)=O. The van der Waals surface area contributed by atoms with Crippen LogP contribution in [0.3, 0.4) is 0 Å². The molecule has 0 radical (unpaired) electrons. The van der Waals surface area contributed by atoms with Crippen molar-refractivity contribution in [3.05, 3.63) is 17.7 Å². The molecule has 1 aromatic carbocycles. The quantitative estimate of drug-likeness (QED) is 0.335. The highest BCUT2D eigenvalue weighted by atomic mass is 16.6. The first-order chi connectivity index (χ1) is 12.7. The van der Waals surface area contributed by atoms with Crippen LogP contribution in [0.25, 0.3) is 0 Å². The lowest BCUT2D eigenvalue weighted by Crippen LogP contribution is -2.32. The second-order valence-electron chi connectivity index (χ2n) is 8.13. The summed E-state index contributed by atoms with van der Waals surface area (Å²) in [7, 11) is 3.03. The second-order valence-corrected chi connectivity index (χ2v) is 8.13. The molecule has 2 bridgehead atoms. The van der Waals surface area contributed by atoms with E-state index in [0.717, 1.165) is 12.0 Å². The monoisotopic (exact) mass is 372 g/mol. The van der Waals surface area contributed by atoms with Gasteiger partial charge in [-0.2, -0.15) is 10.2 Å². The van der Waals surface area contributed by atoms with Gasteiger partial charge in [0.05, 0.1) is 20.4 Å². The number of ether oxygens (including phenoxy) is 3. The Labute approximate surface area is 160 Å². The molecule has 2 atom stereocenters. The zero-order valence-corrected chi connectivity index (χ0v) is 17.0. The highest BCUT2D eigenvalue weighted by Crippen LogP contribution is 2.64. The zero-order chi connectivity index (χ0) is 19.8. The molecule has 0 saturated heterocycles. The number of carbonyl (C=O) groups excluding carboxylic acids is 1. The van der Waals surface area contributed by atoms with Gasteiger partial charge in [0, 0.05) is 23.6 Å². The first kappa shape index (κ1) is 19.4. The Morgan fingerprint density at radius 2 is 1.81 bits per heavy atom. The number of nitrogens with zero attached hydrogens (tertiary/aromatic N) is 2. The molecule has 3 rings (SSSR count). The number of esters is 1. The second kappa shape index (κ2) is 6.98. The van der Waals surface area contributed by atoms with Gasteiger partial charge in [0.25, 0.3) is 0 Å². The third kappa shape index (κ3) is 3.22. The maximum absolute atomic E-state index is 11.3. The van der Waals surface area contributed by atoms with Crippen molar-refractivity contribution in [2.45, 2.75) is 47.0 Å². The standard InChI is InChI=1S/C21H28N2O4/c1-13(24)27-19-16(25-5)9-14(10-17(19)26-6)12-22-23-18-11-15-7-8-21(18,4)20(15,2)3/h9-10,12,15H,7-8,11H2,1-6H3/b22-12+,23-18+. The summed E-state index contributed by atoms with van der Waals surface area (Å²) < 4.78 is 15.9. The van der Waals surface area contributed by atoms with Crippen molar-refractivity contribution in [2.75, 3.05) is 14.2 Å². The molecule has 0 amide bonds. The summed E-state index contributed by atoms with van der Waals surface area (Å²) >= 11 is 0. The van der Waals surface area contributed by atoms with Crippen molar-refractivity contribution in [3.8, 4) is 17.2 Å². The van der Waals surface area contributed by atoms with E-state index in [2.05, 4.69) is 31.0 Å². The van der Waals surface area contributed by atoms with Gasteiger partial charge in [0.2, 0.25) is 5.75 Å². The van der Waals surface area contributed by atoms with E-state index >= 15 is 0 Å².